The van der Waals surface area contributed by atoms with Gasteiger partial charge in [-0.2, -0.15) is 0 Å². The lowest BCUT2D eigenvalue weighted by Crippen LogP contribution is -2.09. The summed E-state index contributed by atoms with van der Waals surface area (Å²) in [6.07, 6.45) is 5.90. The molecule has 1 aliphatic carbocycles. The van der Waals surface area contributed by atoms with Gasteiger partial charge in [0.15, 0.2) is 0 Å². The van der Waals surface area contributed by atoms with Gasteiger partial charge in [0.1, 0.15) is 0 Å². The highest BCUT2D eigenvalue weighted by Crippen LogP contribution is 2.27. The van der Waals surface area contributed by atoms with E-state index >= 15 is 0 Å². The van der Waals surface area contributed by atoms with Gasteiger partial charge in [-0.3, -0.25) is 4.79 Å². The fourth-order valence-electron chi connectivity index (χ4n) is 1.74. The Morgan fingerprint density at radius 1 is 1.27 bits per heavy atom. The number of rotatable bonds is 0. The van der Waals surface area contributed by atoms with Gasteiger partial charge in [-0.15, -0.1) is 0 Å². The van der Waals surface area contributed by atoms with Gasteiger partial charge >= 0.3 is 0 Å². The minimum absolute atomic E-state index is 0.250. The smallest absolute Gasteiger partial charge is 0.290 e. The molecule has 2 atom stereocenters. The average Bonchev–Trinajstić information content (AvgIpc) is 1.88. The van der Waals surface area contributed by atoms with Crippen LogP contribution in [0.3, 0.4) is 0 Å². The molecule has 0 aliphatic heterocycles. The second-order valence-corrected chi connectivity index (χ2v) is 3.48. The van der Waals surface area contributed by atoms with Crippen molar-refractivity contribution in [1.29, 1.82) is 0 Å². The van der Waals surface area contributed by atoms with Crippen molar-refractivity contribution < 1.29 is 9.90 Å². The van der Waals surface area contributed by atoms with Crippen LogP contribution in [0.4, 0.5) is 0 Å². The molecule has 1 N–H and O–H groups in total. The van der Waals surface area contributed by atoms with Crippen LogP contribution >= 0.6 is 0 Å². The van der Waals surface area contributed by atoms with Crippen LogP contribution in [0.5, 0.6) is 0 Å². The lowest BCUT2D eigenvalue weighted by Gasteiger charge is -2.22. The molecule has 1 aliphatic rings. The third-order valence-electron chi connectivity index (χ3n) is 2.20. The van der Waals surface area contributed by atoms with Crippen LogP contribution in [0, 0.1) is 11.8 Å². The molecular weight excluding hydrogens is 140 g/mol. The first kappa shape index (κ1) is 10.5. The Hall–Kier alpha value is -0.530. The average molecular weight is 158 g/mol. The maximum absolute atomic E-state index is 8.36. The molecule has 1 fully saturated rings. The van der Waals surface area contributed by atoms with Crippen LogP contribution in [0.2, 0.25) is 0 Å². The summed E-state index contributed by atoms with van der Waals surface area (Å²) in [7, 11) is 0. The molecule has 66 valence electrons. The van der Waals surface area contributed by atoms with E-state index in [4.69, 9.17) is 9.90 Å². The Labute approximate surface area is 68.6 Å². The summed E-state index contributed by atoms with van der Waals surface area (Å²) < 4.78 is 0. The maximum Gasteiger partial charge on any atom is 0.290 e. The van der Waals surface area contributed by atoms with Crippen LogP contribution in [-0.4, -0.2) is 11.6 Å². The first-order valence-corrected chi connectivity index (χ1v) is 4.28. The van der Waals surface area contributed by atoms with Crippen molar-refractivity contribution in [2.75, 3.05) is 0 Å². The number of carbonyl (C=O) groups is 1. The number of carboxylic acid groups (broad SMARTS) is 1. The molecule has 0 aromatic carbocycles. The zero-order valence-corrected chi connectivity index (χ0v) is 7.42. The Morgan fingerprint density at radius 2 is 1.64 bits per heavy atom. The van der Waals surface area contributed by atoms with Crippen LogP contribution in [0.25, 0.3) is 0 Å². The summed E-state index contributed by atoms with van der Waals surface area (Å²) in [5.74, 6) is 2.03. The first-order valence-electron chi connectivity index (χ1n) is 4.28. The minimum Gasteiger partial charge on any atom is -0.483 e. The zero-order valence-electron chi connectivity index (χ0n) is 7.42. The van der Waals surface area contributed by atoms with Gasteiger partial charge in [-0.05, 0) is 18.3 Å². The summed E-state index contributed by atoms with van der Waals surface area (Å²) in [4.78, 5) is 8.36. The van der Waals surface area contributed by atoms with Crippen LogP contribution in [-0.2, 0) is 4.79 Å². The van der Waals surface area contributed by atoms with E-state index in [0.717, 1.165) is 11.8 Å². The lowest BCUT2D eigenvalue weighted by molar-refractivity contribution is -0.122. The summed E-state index contributed by atoms with van der Waals surface area (Å²) in [5, 5.41) is 6.89. The second-order valence-electron chi connectivity index (χ2n) is 3.48. The molecule has 1 saturated carbocycles. The lowest BCUT2D eigenvalue weighted by atomic mass is 9.84. The molecule has 0 saturated heterocycles. The Morgan fingerprint density at radius 3 is 1.82 bits per heavy atom. The van der Waals surface area contributed by atoms with Crippen molar-refractivity contribution in [3.63, 3.8) is 0 Å². The highest BCUT2D eigenvalue weighted by Gasteiger charge is 2.13. The van der Waals surface area contributed by atoms with E-state index in [1.807, 2.05) is 0 Å². The first-order chi connectivity index (χ1) is 5.20. The number of hydrogen-bond donors (Lipinski definition) is 1. The largest absolute Gasteiger partial charge is 0.483 e. The molecule has 0 aromatic rings. The van der Waals surface area contributed by atoms with E-state index in [1.54, 1.807) is 0 Å². The molecule has 0 amide bonds. The molecule has 11 heavy (non-hydrogen) atoms. The summed E-state index contributed by atoms with van der Waals surface area (Å²) in [6, 6.07) is 0. The SMILES string of the molecule is CC1CCCC(C)C1.O=CO. The molecule has 2 nitrogen and oxygen atoms in total. The Kier molecular flexibility index (Phi) is 5.90. The van der Waals surface area contributed by atoms with Gasteiger partial charge in [0.05, 0.1) is 0 Å². The van der Waals surface area contributed by atoms with E-state index < -0.39 is 0 Å². The van der Waals surface area contributed by atoms with Crippen molar-refractivity contribution in [3.8, 4) is 0 Å². The normalized spacial score (nSPS) is 30.0. The predicted molar refractivity (Wildman–Crippen MR) is 45.5 cm³/mol. The molecule has 0 heterocycles. The van der Waals surface area contributed by atoms with Gasteiger partial charge in [0.2, 0.25) is 0 Å². The van der Waals surface area contributed by atoms with Crippen molar-refractivity contribution in [1.82, 2.24) is 0 Å². The minimum atomic E-state index is -0.250. The Balaban J connectivity index is 0.000000292. The highest BCUT2D eigenvalue weighted by atomic mass is 16.3. The van der Waals surface area contributed by atoms with Crippen molar-refractivity contribution >= 4 is 6.47 Å². The van der Waals surface area contributed by atoms with E-state index in [2.05, 4.69) is 13.8 Å². The summed E-state index contributed by atoms with van der Waals surface area (Å²) in [6.45, 7) is 4.49. The molecule has 0 bridgehead atoms. The maximum atomic E-state index is 8.36. The monoisotopic (exact) mass is 158 g/mol. The topological polar surface area (TPSA) is 37.3 Å². The van der Waals surface area contributed by atoms with E-state index in [1.165, 1.54) is 25.7 Å². The molecule has 1 rings (SSSR count). The molecule has 0 spiro atoms. The summed E-state index contributed by atoms with van der Waals surface area (Å²) >= 11 is 0. The van der Waals surface area contributed by atoms with Crippen molar-refractivity contribution in [2.45, 2.75) is 39.5 Å². The fraction of sp³-hybridized carbons (Fsp3) is 0.889. The van der Waals surface area contributed by atoms with E-state index in [-0.39, 0.29) is 6.47 Å². The van der Waals surface area contributed by atoms with Gasteiger partial charge in [0, 0.05) is 0 Å². The second kappa shape index (κ2) is 6.20. The predicted octanol–water partition coefficient (Wildman–Crippen LogP) is 2.53. The molecule has 0 radical (unpaired) electrons. The van der Waals surface area contributed by atoms with Gasteiger partial charge in [0.25, 0.3) is 6.47 Å². The zero-order chi connectivity index (χ0) is 8.69. The third kappa shape index (κ3) is 5.89. The van der Waals surface area contributed by atoms with Crippen molar-refractivity contribution in [3.05, 3.63) is 0 Å². The van der Waals surface area contributed by atoms with Gasteiger partial charge in [-0.25, -0.2) is 0 Å². The third-order valence-corrected chi connectivity index (χ3v) is 2.20. The quantitative estimate of drug-likeness (QED) is 0.550. The highest BCUT2D eigenvalue weighted by molar-refractivity contribution is 5.32. The summed E-state index contributed by atoms with van der Waals surface area (Å²) in [5.41, 5.74) is 0. The van der Waals surface area contributed by atoms with Crippen molar-refractivity contribution in [2.24, 2.45) is 11.8 Å². The van der Waals surface area contributed by atoms with Gasteiger partial charge < -0.3 is 5.11 Å². The van der Waals surface area contributed by atoms with Gasteiger partial charge in [-0.1, -0.05) is 33.1 Å². The Bertz CT molecular complexity index is 93.7. The number of hydrogen-bond acceptors (Lipinski definition) is 1. The van der Waals surface area contributed by atoms with E-state index in [9.17, 15) is 0 Å². The van der Waals surface area contributed by atoms with E-state index in [0.29, 0.717) is 0 Å². The fourth-order valence-corrected chi connectivity index (χ4v) is 1.74. The standard InChI is InChI=1S/C8H16.CH2O2/c1-7-4-3-5-8(2)6-7;2-1-3/h7-8H,3-6H2,1-2H3;1H,(H,2,3). The molecule has 2 unspecified atom stereocenters. The molecule has 2 heteroatoms. The molecular formula is C9H18O2. The van der Waals surface area contributed by atoms with Crippen LogP contribution in [0.1, 0.15) is 39.5 Å². The van der Waals surface area contributed by atoms with Crippen LogP contribution in [0.15, 0.2) is 0 Å². The van der Waals surface area contributed by atoms with Crippen LogP contribution < -0.4 is 0 Å². The molecule has 0 aromatic heterocycles.